The first-order valence-electron chi connectivity index (χ1n) is 9.11. The number of rotatable bonds is 5. The van der Waals surface area contributed by atoms with Crippen molar-refractivity contribution < 1.29 is 19.5 Å². The van der Waals surface area contributed by atoms with Gasteiger partial charge in [-0.15, -0.1) is 0 Å². The second-order valence-electron chi connectivity index (χ2n) is 6.85. The summed E-state index contributed by atoms with van der Waals surface area (Å²) in [5, 5.41) is 14.9. The molecule has 0 aliphatic heterocycles. The number of carboxylic acid groups (broad SMARTS) is 1. The van der Waals surface area contributed by atoms with Crippen LogP contribution >= 0.6 is 0 Å². The van der Waals surface area contributed by atoms with Gasteiger partial charge >= 0.3 is 5.97 Å². The number of anilines is 2. The van der Waals surface area contributed by atoms with Gasteiger partial charge in [0, 0.05) is 5.69 Å². The van der Waals surface area contributed by atoms with E-state index in [1.165, 1.54) is 0 Å². The van der Waals surface area contributed by atoms with E-state index in [2.05, 4.69) is 10.6 Å². The molecule has 6 heteroatoms. The van der Waals surface area contributed by atoms with Crippen molar-refractivity contribution in [3.05, 3.63) is 71.8 Å². The topological polar surface area (TPSA) is 95.5 Å². The molecule has 3 rings (SSSR count). The quantitative estimate of drug-likeness (QED) is 0.689. The molecule has 0 saturated carbocycles. The van der Waals surface area contributed by atoms with E-state index >= 15 is 0 Å². The van der Waals surface area contributed by atoms with Gasteiger partial charge in [-0.05, 0) is 44.0 Å². The highest BCUT2D eigenvalue weighted by molar-refractivity contribution is 6.10. The van der Waals surface area contributed by atoms with Crippen LogP contribution in [0, 0.1) is 18.8 Å². The lowest BCUT2D eigenvalue weighted by atomic mass is 9.82. The average Bonchev–Trinajstić information content (AvgIpc) is 2.70. The third kappa shape index (κ3) is 4.46. The molecular formula is C22H22N2O4. The molecule has 2 aromatic rings. The van der Waals surface area contributed by atoms with Gasteiger partial charge in [-0.25, -0.2) is 0 Å². The number of aliphatic carboxylic acids is 1. The largest absolute Gasteiger partial charge is 0.481 e. The van der Waals surface area contributed by atoms with Crippen LogP contribution in [0.25, 0.3) is 0 Å². The minimum absolute atomic E-state index is 0.314. The lowest BCUT2D eigenvalue weighted by Crippen LogP contribution is -2.35. The van der Waals surface area contributed by atoms with Crippen molar-refractivity contribution in [1.82, 2.24) is 0 Å². The van der Waals surface area contributed by atoms with E-state index in [4.69, 9.17) is 0 Å². The molecule has 2 atom stereocenters. The molecule has 0 bridgehead atoms. The Kier molecular flexibility index (Phi) is 5.89. The van der Waals surface area contributed by atoms with E-state index in [0.29, 0.717) is 29.8 Å². The Balaban J connectivity index is 1.77. The van der Waals surface area contributed by atoms with E-state index in [1.54, 1.807) is 42.5 Å². The number of nitrogens with one attached hydrogen (secondary N) is 2. The first kappa shape index (κ1) is 19.4. The van der Waals surface area contributed by atoms with E-state index < -0.39 is 23.7 Å². The van der Waals surface area contributed by atoms with Gasteiger partial charge in [0.25, 0.3) is 5.91 Å². The number of carbonyl (C=O) groups is 3. The van der Waals surface area contributed by atoms with Crippen LogP contribution in [0.3, 0.4) is 0 Å². The minimum atomic E-state index is -0.991. The van der Waals surface area contributed by atoms with Crippen LogP contribution in [0.2, 0.25) is 0 Å². The number of allylic oxidation sites excluding steroid dienone is 2. The SMILES string of the molecule is Cc1ccc(NC(=O)c2ccccc2NC(=O)[C@H]2CC=CC[C@H]2C(=O)O)cc1. The van der Waals surface area contributed by atoms with Crippen molar-refractivity contribution in [2.24, 2.45) is 11.8 Å². The maximum absolute atomic E-state index is 12.7. The van der Waals surface area contributed by atoms with Gasteiger partial charge in [0.15, 0.2) is 0 Å². The van der Waals surface area contributed by atoms with Gasteiger partial charge in [-0.3, -0.25) is 14.4 Å². The van der Waals surface area contributed by atoms with Crippen LogP contribution in [0.1, 0.15) is 28.8 Å². The Hall–Kier alpha value is -3.41. The van der Waals surface area contributed by atoms with Gasteiger partial charge in [-0.1, -0.05) is 42.0 Å². The number of aryl methyl sites for hydroxylation is 1. The Morgan fingerprint density at radius 2 is 1.54 bits per heavy atom. The number of hydrogen-bond donors (Lipinski definition) is 3. The van der Waals surface area contributed by atoms with Crippen molar-refractivity contribution in [3.8, 4) is 0 Å². The molecule has 1 aliphatic rings. The Morgan fingerprint density at radius 1 is 0.893 bits per heavy atom. The summed E-state index contributed by atoms with van der Waals surface area (Å²) < 4.78 is 0. The average molecular weight is 378 g/mol. The molecule has 2 amide bonds. The van der Waals surface area contributed by atoms with Crippen molar-refractivity contribution in [2.75, 3.05) is 10.6 Å². The third-order valence-corrected chi connectivity index (χ3v) is 4.83. The highest BCUT2D eigenvalue weighted by Gasteiger charge is 2.34. The molecule has 0 fully saturated rings. The molecule has 144 valence electrons. The van der Waals surface area contributed by atoms with E-state index in [-0.39, 0.29) is 5.91 Å². The van der Waals surface area contributed by atoms with Crippen molar-refractivity contribution in [3.63, 3.8) is 0 Å². The van der Waals surface area contributed by atoms with Gasteiger partial charge < -0.3 is 15.7 Å². The zero-order valence-corrected chi connectivity index (χ0v) is 15.5. The summed E-state index contributed by atoms with van der Waals surface area (Å²) in [4.78, 5) is 36.8. The Morgan fingerprint density at radius 3 is 2.21 bits per heavy atom. The second kappa shape index (κ2) is 8.52. The maximum atomic E-state index is 12.7. The zero-order valence-electron chi connectivity index (χ0n) is 15.5. The van der Waals surface area contributed by atoms with Crippen molar-refractivity contribution >= 4 is 29.2 Å². The van der Waals surface area contributed by atoms with Crippen molar-refractivity contribution in [1.29, 1.82) is 0 Å². The lowest BCUT2D eigenvalue weighted by molar-refractivity contribution is -0.146. The summed E-state index contributed by atoms with van der Waals surface area (Å²) >= 11 is 0. The number of carbonyl (C=O) groups excluding carboxylic acids is 2. The summed E-state index contributed by atoms with van der Waals surface area (Å²) in [7, 11) is 0. The molecule has 0 aromatic heterocycles. The van der Waals surface area contributed by atoms with E-state index in [1.807, 2.05) is 25.1 Å². The number of hydrogen-bond acceptors (Lipinski definition) is 3. The van der Waals surface area contributed by atoms with Crippen LogP contribution in [-0.2, 0) is 9.59 Å². The van der Waals surface area contributed by atoms with E-state index in [0.717, 1.165) is 5.56 Å². The summed E-state index contributed by atoms with van der Waals surface area (Å²) in [6, 6.07) is 14.1. The summed E-state index contributed by atoms with van der Waals surface area (Å²) in [5.74, 6) is -3.17. The van der Waals surface area contributed by atoms with Gasteiger partial charge in [0.1, 0.15) is 0 Å². The Labute approximate surface area is 163 Å². The molecule has 2 aromatic carbocycles. The Bertz CT molecular complexity index is 918. The summed E-state index contributed by atoms with van der Waals surface area (Å²) in [6.45, 7) is 1.96. The fraction of sp³-hybridized carbons (Fsp3) is 0.227. The number of amides is 2. The molecule has 3 N–H and O–H groups in total. The highest BCUT2D eigenvalue weighted by atomic mass is 16.4. The maximum Gasteiger partial charge on any atom is 0.307 e. The van der Waals surface area contributed by atoms with Crippen LogP contribution in [0.5, 0.6) is 0 Å². The van der Waals surface area contributed by atoms with Crippen molar-refractivity contribution in [2.45, 2.75) is 19.8 Å². The van der Waals surface area contributed by atoms with Crippen LogP contribution in [0.15, 0.2) is 60.7 Å². The van der Waals surface area contributed by atoms with Gasteiger partial charge in [0.05, 0.1) is 23.1 Å². The number of carboxylic acids is 1. The molecule has 0 unspecified atom stereocenters. The molecule has 28 heavy (non-hydrogen) atoms. The second-order valence-corrected chi connectivity index (χ2v) is 6.85. The number of benzene rings is 2. The zero-order chi connectivity index (χ0) is 20.1. The molecule has 6 nitrogen and oxygen atoms in total. The van der Waals surface area contributed by atoms with Gasteiger partial charge in [0.2, 0.25) is 5.91 Å². The molecule has 0 saturated heterocycles. The van der Waals surface area contributed by atoms with Crippen LogP contribution < -0.4 is 10.6 Å². The summed E-state index contributed by atoms with van der Waals surface area (Å²) in [5.41, 5.74) is 2.41. The first-order chi connectivity index (χ1) is 13.5. The molecule has 0 radical (unpaired) electrons. The minimum Gasteiger partial charge on any atom is -0.481 e. The first-order valence-corrected chi connectivity index (χ1v) is 9.11. The lowest BCUT2D eigenvalue weighted by Gasteiger charge is -2.24. The monoisotopic (exact) mass is 378 g/mol. The molecule has 0 spiro atoms. The van der Waals surface area contributed by atoms with Crippen LogP contribution in [0.4, 0.5) is 11.4 Å². The van der Waals surface area contributed by atoms with E-state index in [9.17, 15) is 19.5 Å². The predicted octanol–water partition coefficient (Wildman–Crippen LogP) is 3.85. The highest BCUT2D eigenvalue weighted by Crippen LogP contribution is 2.28. The fourth-order valence-electron chi connectivity index (χ4n) is 3.23. The smallest absolute Gasteiger partial charge is 0.307 e. The number of para-hydroxylation sites is 1. The normalized spacial score (nSPS) is 18.3. The molecule has 0 heterocycles. The molecular weight excluding hydrogens is 356 g/mol. The standard InChI is InChI=1S/C22H22N2O4/c1-14-10-12-15(13-11-14)23-21(26)18-8-4-5-9-19(18)24-20(25)16-6-2-3-7-17(16)22(27)28/h2-5,8-13,16-17H,6-7H2,1H3,(H,23,26)(H,24,25)(H,27,28)/t16-,17+/m0/s1. The molecule has 1 aliphatic carbocycles. The predicted molar refractivity (Wildman–Crippen MR) is 107 cm³/mol. The fourth-order valence-corrected chi connectivity index (χ4v) is 3.23. The summed E-state index contributed by atoms with van der Waals surface area (Å²) in [6.07, 6.45) is 4.29. The third-order valence-electron chi connectivity index (χ3n) is 4.83. The van der Waals surface area contributed by atoms with Gasteiger partial charge in [-0.2, -0.15) is 0 Å². The van der Waals surface area contributed by atoms with Crippen LogP contribution in [-0.4, -0.2) is 22.9 Å².